The van der Waals surface area contributed by atoms with Crippen LogP contribution in [0.15, 0.2) is 0 Å². The number of carbonyl (C=O) groups excluding carboxylic acids is 3. The van der Waals surface area contributed by atoms with Crippen LogP contribution >= 0.6 is 0 Å². The van der Waals surface area contributed by atoms with Crippen LogP contribution in [0.1, 0.15) is 19.8 Å². The highest BCUT2D eigenvalue weighted by atomic mass is 16.5. The van der Waals surface area contributed by atoms with Crippen molar-refractivity contribution in [1.29, 1.82) is 0 Å². The van der Waals surface area contributed by atoms with Crippen LogP contribution in [0.25, 0.3) is 0 Å². The lowest BCUT2D eigenvalue weighted by Crippen LogP contribution is -2.43. The molecule has 1 atom stereocenters. The number of urea groups is 1. The zero-order valence-electron chi connectivity index (χ0n) is 11.1. The third-order valence-electron chi connectivity index (χ3n) is 3.47. The molecule has 0 bridgehead atoms. The third kappa shape index (κ3) is 3.04. The summed E-state index contributed by atoms with van der Waals surface area (Å²) in [6.45, 7) is 3.86. The lowest BCUT2D eigenvalue weighted by atomic mass is 10.2. The van der Waals surface area contributed by atoms with E-state index in [2.05, 4.69) is 5.32 Å². The summed E-state index contributed by atoms with van der Waals surface area (Å²) in [5, 5.41) is 2.48. The van der Waals surface area contributed by atoms with Crippen molar-refractivity contribution in [2.24, 2.45) is 0 Å². The Morgan fingerprint density at radius 3 is 2.84 bits per heavy atom. The molecule has 0 saturated carbocycles. The van der Waals surface area contributed by atoms with Crippen molar-refractivity contribution >= 4 is 17.9 Å². The number of rotatable bonds is 5. The van der Waals surface area contributed by atoms with E-state index in [1.54, 1.807) is 6.92 Å². The van der Waals surface area contributed by atoms with E-state index in [1.807, 2.05) is 4.90 Å². The molecule has 2 fully saturated rings. The lowest BCUT2D eigenvalue weighted by Gasteiger charge is -2.24. The van der Waals surface area contributed by atoms with E-state index in [4.69, 9.17) is 4.74 Å². The summed E-state index contributed by atoms with van der Waals surface area (Å²) in [5.74, 6) is -0.422. The Balaban J connectivity index is 1.86. The van der Waals surface area contributed by atoms with Crippen LogP contribution in [-0.2, 0) is 14.3 Å². The summed E-state index contributed by atoms with van der Waals surface area (Å²) in [6.07, 6.45) is 1.71. The fourth-order valence-electron chi connectivity index (χ4n) is 2.51. The molecule has 1 N–H and O–H groups in total. The maximum atomic E-state index is 11.8. The predicted octanol–water partition coefficient (Wildman–Crippen LogP) is -0.434. The van der Waals surface area contributed by atoms with Crippen LogP contribution in [0.3, 0.4) is 0 Å². The van der Waals surface area contributed by atoms with Gasteiger partial charge in [0.05, 0.1) is 13.2 Å². The van der Waals surface area contributed by atoms with Crippen LogP contribution in [0.4, 0.5) is 4.79 Å². The highest BCUT2D eigenvalue weighted by molar-refractivity contribution is 6.01. The zero-order valence-corrected chi connectivity index (χ0v) is 11.1. The van der Waals surface area contributed by atoms with Gasteiger partial charge in [0.25, 0.3) is 0 Å². The number of nitrogens with one attached hydrogen (secondary N) is 1. The van der Waals surface area contributed by atoms with E-state index in [9.17, 15) is 14.4 Å². The van der Waals surface area contributed by atoms with Crippen LogP contribution in [-0.4, -0.2) is 66.5 Å². The molecule has 0 aromatic rings. The summed E-state index contributed by atoms with van der Waals surface area (Å²) < 4.78 is 5.03. The molecule has 3 amide bonds. The second-order valence-corrected chi connectivity index (χ2v) is 4.65. The average Bonchev–Trinajstić information content (AvgIpc) is 2.96. The van der Waals surface area contributed by atoms with Crippen molar-refractivity contribution in [3.63, 3.8) is 0 Å². The zero-order chi connectivity index (χ0) is 13.8. The van der Waals surface area contributed by atoms with Gasteiger partial charge < -0.3 is 10.1 Å². The fraction of sp³-hybridized carbons (Fsp3) is 0.750. The average molecular weight is 269 g/mol. The van der Waals surface area contributed by atoms with Crippen LogP contribution in [0.5, 0.6) is 0 Å². The smallest absolute Gasteiger partial charge is 0.324 e. The van der Waals surface area contributed by atoms with Gasteiger partial charge in [0.2, 0.25) is 5.91 Å². The topological polar surface area (TPSA) is 79.0 Å². The normalized spacial score (nSPS) is 23.8. The maximum Gasteiger partial charge on any atom is 0.324 e. The van der Waals surface area contributed by atoms with E-state index in [-0.39, 0.29) is 30.5 Å². The van der Waals surface area contributed by atoms with E-state index < -0.39 is 0 Å². The van der Waals surface area contributed by atoms with Crippen LogP contribution in [0.2, 0.25) is 0 Å². The Hall–Kier alpha value is -1.63. The number of hydrogen-bond donors (Lipinski definition) is 1. The molecule has 106 valence electrons. The molecule has 2 saturated heterocycles. The monoisotopic (exact) mass is 269 g/mol. The summed E-state index contributed by atoms with van der Waals surface area (Å²) in [7, 11) is 0. The minimum Gasteiger partial charge on any atom is -0.465 e. The second-order valence-electron chi connectivity index (χ2n) is 4.65. The Bertz CT molecular complexity index is 369. The summed E-state index contributed by atoms with van der Waals surface area (Å²) in [4.78, 5) is 37.8. The van der Waals surface area contributed by atoms with E-state index in [0.29, 0.717) is 19.7 Å². The number of hydrogen-bond acceptors (Lipinski definition) is 5. The Morgan fingerprint density at radius 1 is 1.42 bits per heavy atom. The largest absolute Gasteiger partial charge is 0.465 e. The maximum absolute atomic E-state index is 11.8. The molecular weight excluding hydrogens is 250 g/mol. The number of imide groups is 1. The standard InChI is InChI=1S/C12H19N3O4/c1-2-19-11(17)9-4-3-5-14(9)6-7-15-10(16)8-13-12(15)18/h9H,2-8H2,1H3,(H,13,18). The Morgan fingerprint density at radius 2 is 2.21 bits per heavy atom. The minimum absolute atomic E-state index is 0.0696. The quantitative estimate of drug-likeness (QED) is 0.541. The van der Waals surface area contributed by atoms with E-state index in [1.165, 1.54) is 4.90 Å². The highest BCUT2D eigenvalue weighted by Gasteiger charge is 2.34. The number of esters is 1. The first-order valence-corrected chi connectivity index (χ1v) is 6.62. The number of amides is 3. The summed E-state index contributed by atoms with van der Waals surface area (Å²) in [5.41, 5.74) is 0. The molecule has 0 aliphatic carbocycles. The SMILES string of the molecule is CCOC(=O)C1CCCN1CCN1C(=O)CNC1=O. The molecule has 2 aliphatic heterocycles. The molecule has 2 rings (SSSR count). The van der Waals surface area contributed by atoms with Gasteiger partial charge >= 0.3 is 12.0 Å². The highest BCUT2D eigenvalue weighted by Crippen LogP contribution is 2.18. The van der Waals surface area contributed by atoms with E-state index in [0.717, 1.165) is 19.4 Å². The van der Waals surface area contributed by atoms with Gasteiger partial charge in [-0.1, -0.05) is 0 Å². The molecule has 19 heavy (non-hydrogen) atoms. The van der Waals surface area contributed by atoms with Gasteiger partial charge in [-0.2, -0.15) is 0 Å². The van der Waals surface area contributed by atoms with Crippen LogP contribution in [0, 0.1) is 0 Å². The van der Waals surface area contributed by atoms with Crippen molar-refractivity contribution in [3.8, 4) is 0 Å². The summed E-state index contributed by atoms with van der Waals surface area (Å²) in [6, 6.07) is -0.586. The van der Waals surface area contributed by atoms with E-state index >= 15 is 0 Å². The van der Waals surface area contributed by atoms with Gasteiger partial charge in [-0.3, -0.25) is 19.4 Å². The molecule has 0 spiro atoms. The molecule has 1 unspecified atom stereocenters. The van der Waals surface area contributed by atoms with Gasteiger partial charge in [0, 0.05) is 13.1 Å². The first-order chi connectivity index (χ1) is 9.13. The molecule has 2 heterocycles. The molecule has 0 aromatic heterocycles. The number of likely N-dealkylation sites (tertiary alicyclic amines) is 1. The van der Waals surface area contributed by atoms with Gasteiger partial charge in [-0.05, 0) is 26.3 Å². The van der Waals surface area contributed by atoms with Crippen LogP contribution < -0.4 is 5.32 Å². The van der Waals surface area contributed by atoms with Crippen molar-refractivity contribution in [2.45, 2.75) is 25.8 Å². The molecule has 7 nitrogen and oxygen atoms in total. The first-order valence-electron chi connectivity index (χ1n) is 6.62. The Labute approximate surface area is 111 Å². The number of carbonyl (C=O) groups is 3. The predicted molar refractivity (Wildman–Crippen MR) is 66.3 cm³/mol. The number of nitrogens with zero attached hydrogens (tertiary/aromatic N) is 2. The van der Waals surface area contributed by atoms with Gasteiger partial charge in [-0.25, -0.2) is 4.79 Å². The third-order valence-corrected chi connectivity index (χ3v) is 3.47. The fourth-order valence-corrected chi connectivity index (χ4v) is 2.51. The molecule has 2 aliphatic rings. The van der Waals surface area contributed by atoms with Gasteiger partial charge in [-0.15, -0.1) is 0 Å². The minimum atomic E-state index is -0.350. The molecular formula is C12H19N3O4. The van der Waals surface area contributed by atoms with Crippen molar-refractivity contribution in [2.75, 3.05) is 32.8 Å². The molecule has 0 radical (unpaired) electrons. The van der Waals surface area contributed by atoms with Crippen molar-refractivity contribution in [1.82, 2.24) is 15.1 Å². The number of ether oxygens (including phenoxy) is 1. The first kappa shape index (κ1) is 13.8. The van der Waals surface area contributed by atoms with Gasteiger partial charge in [0.1, 0.15) is 6.04 Å². The summed E-state index contributed by atoms with van der Waals surface area (Å²) >= 11 is 0. The molecule has 7 heteroatoms. The lowest BCUT2D eigenvalue weighted by molar-refractivity contribution is -0.148. The van der Waals surface area contributed by atoms with Gasteiger partial charge in [0.15, 0.2) is 0 Å². The molecule has 0 aromatic carbocycles. The van der Waals surface area contributed by atoms with Crippen molar-refractivity contribution < 1.29 is 19.1 Å². The Kier molecular flexibility index (Phi) is 4.36. The second kappa shape index (κ2) is 6.01. The van der Waals surface area contributed by atoms with Crippen molar-refractivity contribution in [3.05, 3.63) is 0 Å².